The maximum absolute atomic E-state index is 13.1. The highest BCUT2D eigenvalue weighted by atomic mass is 19.1. The summed E-state index contributed by atoms with van der Waals surface area (Å²) in [5.74, 6) is 0.698. The molecular weight excluding hydrogens is 293 g/mol. The standard InChI is InChI=1S/C19H20FNO2/c1-2-23-18-6-4-3-5-16(18)17-11-12-19(22)21(17)13-14-7-9-15(20)10-8-14/h3-10,17H,2,11-13H2,1H3. The molecule has 1 unspecified atom stereocenters. The number of ether oxygens (including phenoxy) is 1. The van der Waals surface area contributed by atoms with Crippen LogP contribution < -0.4 is 4.74 Å². The van der Waals surface area contributed by atoms with Gasteiger partial charge >= 0.3 is 0 Å². The monoisotopic (exact) mass is 313 g/mol. The third kappa shape index (κ3) is 3.36. The number of rotatable bonds is 5. The Kier molecular flexibility index (Phi) is 4.60. The number of halogens is 1. The lowest BCUT2D eigenvalue weighted by molar-refractivity contribution is -0.129. The van der Waals surface area contributed by atoms with Crippen LogP contribution in [0.2, 0.25) is 0 Å². The molecule has 0 N–H and O–H groups in total. The van der Waals surface area contributed by atoms with Gasteiger partial charge in [-0.15, -0.1) is 0 Å². The molecule has 0 radical (unpaired) electrons. The van der Waals surface area contributed by atoms with Crippen molar-refractivity contribution in [2.24, 2.45) is 0 Å². The molecule has 23 heavy (non-hydrogen) atoms. The van der Waals surface area contributed by atoms with E-state index >= 15 is 0 Å². The minimum absolute atomic E-state index is 0.00954. The van der Waals surface area contributed by atoms with E-state index in [0.29, 0.717) is 19.6 Å². The molecule has 1 heterocycles. The first-order chi connectivity index (χ1) is 11.2. The van der Waals surface area contributed by atoms with E-state index in [0.717, 1.165) is 23.3 Å². The van der Waals surface area contributed by atoms with Crippen molar-refractivity contribution in [3.05, 3.63) is 65.5 Å². The minimum atomic E-state index is -0.264. The number of hydrogen-bond donors (Lipinski definition) is 0. The molecule has 0 aliphatic carbocycles. The second-order valence-corrected chi connectivity index (χ2v) is 5.67. The molecule has 4 heteroatoms. The zero-order valence-corrected chi connectivity index (χ0v) is 13.2. The minimum Gasteiger partial charge on any atom is -0.494 e. The van der Waals surface area contributed by atoms with E-state index in [1.54, 1.807) is 12.1 Å². The van der Waals surface area contributed by atoms with Crippen LogP contribution in [0.25, 0.3) is 0 Å². The lowest BCUT2D eigenvalue weighted by Crippen LogP contribution is -2.27. The summed E-state index contributed by atoms with van der Waals surface area (Å²) in [6.07, 6.45) is 1.32. The topological polar surface area (TPSA) is 29.5 Å². The van der Waals surface area contributed by atoms with Crippen LogP contribution >= 0.6 is 0 Å². The Balaban J connectivity index is 1.86. The van der Waals surface area contributed by atoms with Gasteiger partial charge in [0.15, 0.2) is 0 Å². The van der Waals surface area contributed by atoms with Crippen molar-refractivity contribution < 1.29 is 13.9 Å². The highest BCUT2D eigenvalue weighted by Gasteiger charge is 2.33. The summed E-state index contributed by atoms with van der Waals surface area (Å²) in [6, 6.07) is 14.2. The Labute approximate surface area is 135 Å². The average Bonchev–Trinajstić information content (AvgIpc) is 2.91. The summed E-state index contributed by atoms with van der Waals surface area (Å²) < 4.78 is 18.8. The van der Waals surface area contributed by atoms with Crippen molar-refractivity contribution in [2.45, 2.75) is 32.4 Å². The van der Waals surface area contributed by atoms with Gasteiger partial charge in [0.2, 0.25) is 5.91 Å². The Morgan fingerprint density at radius 1 is 1.17 bits per heavy atom. The normalized spacial score (nSPS) is 17.6. The Bertz CT molecular complexity index is 684. The quantitative estimate of drug-likeness (QED) is 0.832. The number of benzene rings is 2. The molecule has 1 aliphatic rings. The van der Waals surface area contributed by atoms with Crippen molar-refractivity contribution in [3.8, 4) is 5.75 Å². The van der Waals surface area contributed by atoms with E-state index in [1.807, 2.05) is 36.1 Å². The molecule has 0 bridgehead atoms. The van der Waals surface area contributed by atoms with Gasteiger partial charge < -0.3 is 9.64 Å². The third-order valence-electron chi connectivity index (χ3n) is 4.17. The van der Waals surface area contributed by atoms with Gasteiger partial charge in [0.05, 0.1) is 12.6 Å². The molecule has 2 aromatic rings. The number of nitrogens with zero attached hydrogens (tertiary/aromatic N) is 1. The Morgan fingerprint density at radius 3 is 2.65 bits per heavy atom. The van der Waals surface area contributed by atoms with Crippen LogP contribution in [0.5, 0.6) is 5.75 Å². The molecule has 1 atom stereocenters. The van der Waals surface area contributed by atoms with Crippen LogP contribution in [-0.4, -0.2) is 17.4 Å². The highest BCUT2D eigenvalue weighted by molar-refractivity contribution is 5.79. The highest BCUT2D eigenvalue weighted by Crippen LogP contribution is 2.38. The van der Waals surface area contributed by atoms with Crippen LogP contribution in [0.1, 0.15) is 36.9 Å². The molecule has 0 spiro atoms. The van der Waals surface area contributed by atoms with E-state index in [2.05, 4.69) is 0 Å². The molecule has 1 fully saturated rings. The summed E-state index contributed by atoms with van der Waals surface area (Å²) in [6.45, 7) is 3.03. The van der Waals surface area contributed by atoms with E-state index in [-0.39, 0.29) is 17.8 Å². The summed E-state index contributed by atoms with van der Waals surface area (Å²) in [7, 11) is 0. The van der Waals surface area contributed by atoms with Gasteiger partial charge in [-0.3, -0.25) is 4.79 Å². The Morgan fingerprint density at radius 2 is 1.91 bits per heavy atom. The second kappa shape index (κ2) is 6.82. The van der Waals surface area contributed by atoms with Gasteiger partial charge in [-0.25, -0.2) is 4.39 Å². The van der Waals surface area contributed by atoms with Crippen molar-refractivity contribution in [1.29, 1.82) is 0 Å². The Hall–Kier alpha value is -2.36. The molecule has 0 saturated carbocycles. The first kappa shape index (κ1) is 15.5. The zero-order valence-electron chi connectivity index (χ0n) is 13.2. The summed E-state index contributed by atoms with van der Waals surface area (Å²) in [5.41, 5.74) is 1.97. The number of para-hydroxylation sites is 1. The van der Waals surface area contributed by atoms with Gasteiger partial charge in [0.25, 0.3) is 0 Å². The molecule has 0 aromatic heterocycles. The van der Waals surface area contributed by atoms with Gasteiger partial charge in [-0.2, -0.15) is 0 Å². The molecule has 2 aromatic carbocycles. The maximum Gasteiger partial charge on any atom is 0.223 e. The summed E-state index contributed by atoms with van der Waals surface area (Å²) in [5, 5.41) is 0. The van der Waals surface area contributed by atoms with Crippen molar-refractivity contribution in [1.82, 2.24) is 4.90 Å². The third-order valence-corrected chi connectivity index (χ3v) is 4.17. The molecule has 120 valence electrons. The summed E-state index contributed by atoms with van der Waals surface area (Å²) >= 11 is 0. The first-order valence-corrected chi connectivity index (χ1v) is 7.94. The molecule has 1 amide bonds. The SMILES string of the molecule is CCOc1ccccc1C1CCC(=O)N1Cc1ccc(F)cc1. The fourth-order valence-corrected chi connectivity index (χ4v) is 3.08. The van der Waals surface area contributed by atoms with Crippen molar-refractivity contribution in [3.63, 3.8) is 0 Å². The molecule has 1 aliphatic heterocycles. The number of hydrogen-bond acceptors (Lipinski definition) is 2. The predicted molar refractivity (Wildman–Crippen MR) is 86.5 cm³/mol. The van der Waals surface area contributed by atoms with E-state index < -0.39 is 0 Å². The maximum atomic E-state index is 13.1. The number of carbonyl (C=O) groups excluding carboxylic acids is 1. The first-order valence-electron chi connectivity index (χ1n) is 7.94. The molecule has 3 nitrogen and oxygen atoms in total. The lowest BCUT2D eigenvalue weighted by atomic mass is 10.0. The number of likely N-dealkylation sites (tertiary alicyclic amines) is 1. The van der Waals surface area contributed by atoms with Gasteiger partial charge in [-0.05, 0) is 37.1 Å². The summed E-state index contributed by atoms with van der Waals surface area (Å²) in [4.78, 5) is 14.2. The van der Waals surface area contributed by atoms with Gasteiger partial charge in [0, 0.05) is 18.5 Å². The second-order valence-electron chi connectivity index (χ2n) is 5.67. The number of carbonyl (C=O) groups is 1. The van der Waals surface area contributed by atoms with Crippen LogP contribution in [0.4, 0.5) is 4.39 Å². The zero-order chi connectivity index (χ0) is 16.2. The fraction of sp³-hybridized carbons (Fsp3) is 0.316. The predicted octanol–water partition coefficient (Wildman–Crippen LogP) is 4.09. The van der Waals surface area contributed by atoms with Gasteiger partial charge in [0.1, 0.15) is 11.6 Å². The van der Waals surface area contributed by atoms with Crippen LogP contribution in [-0.2, 0) is 11.3 Å². The fourth-order valence-electron chi connectivity index (χ4n) is 3.08. The average molecular weight is 313 g/mol. The van der Waals surface area contributed by atoms with Crippen molar-refractivity contribution >= 4 is 5.91 Å². The van der Waals surface area contributed by atoms with Crippen LogP contribution in [0.15, 0.2) is 48.5 Å². The number of amides is 1. The molecule has 1 saturated heterocycles. The van der Waals surface area contributed by atoms with E-state index in [4.69, 9.17) is 4.74 Å². The lowest BCUT2D eigenvalue weighted by Gasteiger charge is -2.26. The van der Waals surface area contributed by atoms with E-state index in [9.17, 15) is 9.18 Å². The van der Waals surface area contributed by atoms with E-state index in [1.165, 1.54) is 12.1 Å². The molecular formula is C19H20FNO2. The smallest absolute Gasteiger partial charge is 0.223 e. The van der Waals surface area contributed by atoms with Crippen molar-refractivity contribution in [2.75, 3.05) is 6.61 Å². The van der Waals surface area contributed by atoms with Gasteiger partial charge in [-0.1, -0.05) is 30.3 Å². The largest absolute Gasteiger partial charge is 0.494 e. The van der Waals surface area contributed by atoms with Crippen LogP contribution in [0, 0.1) is 5.82 Å². The molecule has 3 rings (SSSR count). The van der Waals surface area contributed by atoms with Crippen LogP contribution in [0.3, 0.4) is 0 Å².